The molecule has 24 heavy (non-hydrogen) atoms. The second-order valence-electron chi connectivity index (χ2n) is 6.17. The molecule has 0 N–H and O–H groups in total. The van der Waals surface area contributed by atoms with Crippen molar-refractivity contribution in [1.29, 1.82) is 0 Å². The molecule has 1 amide bonds. The van der Waals surface area contributed by atoms with Gasteiger partial charge < -0.3 is 9.32 Å². The number of aryl methyl sites for hydroxylation is 1. The van der Waals surface area contributed by atoms with Crippen LogP contribution < -0.4 is 5.43 Å². The quantitative estimate of drug-likeness (QED) is 0.691. The Kier molecular flexibility index (Phi) is 3.45. The van der Waals surface area contributed by atoms with E-state index in [-0.39, 0.29) is 17.1 Å². The molecule has 0 aliphatic carbocycles. The third kappa shape index (κ3) is 2.40. The minimum absolute atomic E-state index is 0.109. The molecule has 3 aromatic rings. The lowest BCUT2D eigenvalue weighted by atomic mass is 10.00. The smallest absolute Gasteiger partial charge is 0.290 e. The van der Waals surface area contributed by atoms with Crippen LogP contribution in [-0.2, 0) is 13.0 Å². The Morgan fingerprint density at radius 3 is 2.71 bits per heavy atom. The average molecular weight is 319 g/mol. The van der Waals surface area contributed by atoms with Crippen LogP contribution in [0.3, 0.4) is 0 Å². The van der Waals surface area contributed by atoms with E-state index in [1.165, 1.54) is 11.6 Å². The first-order chi connectivity index (χ1) is 11.6. The van der Waals surface area contributed by atoms with Crippen LogP contribution in [0.1, 0.15) is 27.2 Å². The van der Waals surface area contributed by atoms with Crippen LogP contribution in [-0.4, -0.2) is 17.4 Å². The van der Waals surface area contributed by atoms with Crippen LogP contribution in [0.25, 0.3) is 11.0 Å². The Morgan fingerprint density at radius 1 is 1.08 bits per heavy atom. The topological polar surface area (TPSA) is 50.5 Å². The Bertz CT molecular complexity index is 1000. The zero-order valence-corrected chi connectivity index (χ0v) is 13.4. The van der Waals surface area contributed by atoms with Crippen LogP contribution in [0, 0.1) is 6.92 Å². The van der Waals surface area contributed by atoms with Crippen LogP contribution in [0.4, 0.5) is 0 Å². The molecule has 4 nitrogen and oxygen atoms in total. The van der Waals surface area contributed by atoms with Crippen LogP contribution >= 0.6 is 0 Å². The lowest BCUT2D eigenvalue weighted by Crippen LogP contribution is -2.36. The highest BCUT2D eigenvalue weighted by Gasteiger charge is 2.24. The van der Waals surface area contributed by atoms with E-state index in [1.807, 2.05) is 37.3 Å². The summed E-state index contributed by atoms with van der Waals surface area (Å²) in [6, 6.07) is 14.9. The van der Waals surface area contributed by atoms with Gasteiger partial charge in [0.25, 0.3) is 5.91 Å². The van der Waals surface area contributed by atoms with Crippen molar-refractivity contribution in [2.24, 2.45) is 0 Å². The number of amides is 1. The van der Waals surface area contributed by atoms with Crippen molar-refractivity contribution in [3.8, 4) is 0 Å². The van der Waals surface area contributed by atoms with Crippen molar-refractivity contribution in [3.05, 3.63) is 81.2 Å². The number of hydrogen-bond acceptors (Lipinski definition) is 3. The van der Waals surface area contributed by atoms with E-state index < -0.39 is 0 Å². The van der Waals surface area contributed by atoms with E-state index in [0.717, 1.165) is 17.5 Å². The first-order valence-corrected chi connectivity index (χ1v) is 8.03. The van der Waals surface area contributed by atoms with Crippen molar-refractivity contribution in [2.75, 3.05) is 6.54 Å². The van der Waals surface area contributed by atoms with E-state index >= 15 is 0 Å². The highest BCUT2D eigenvalue weighted by atomic mass is 16.3. The second-order valence-corrected chi connectivity index (χ2v) is 6.17. The Labute approximate surface area is 139 Å². The molecule has 0 spiro atoms. The van der Waals surface area contributed by atoms with Gasteiger partial charge in [-0.25, -0.2) is 0 Å². The summed E-state index contributed by atoms with van der Waals surface area (Å²) in [5.74, 6) is -0.123. The molecular formula is C20H17NO3. The van der Waals surface area contributed by atoms with Gasteiger partial charge in [0.05, 0.1) is 5.39 Å². The number of hydrogen-bond donors (Lipinski definition) is 0. The van der Waals surface area contributed by atoms with Crippen molar-refractivity contribution in [2.45, 2.75) is 19.9 Å². The molecule has 0 unspecified atom stereocenters. The molecule has 0 saturated carbocycles. The molecular weight excluding hydrogens is 302 g/mol. The van der Waals surface area contributed by atoms with Gasteiger partial charge in [-0.1, -0.05) is 36.4 Å². The van der Waals surface area contributed by atoms with E-state index in [9.17, 15) is 9.59 Å². The lowest BCUT2D eigenvalue weighted by Gasteiger charge is -2.28. The van der Waals surface area contributed by atoms with Gasteiger partial charge in [0.15, 0.2) is 11.2 Å². The third-order valence-electron chi connectivity index (χ3n) is 4.59. The summed E-state index contributed by atoms with van der Waals surface area (Å²) in [7, 11) is 0. The first-order valence-electron chi connectivity index (χ1n) is 8.03. The summed E-state index contributed by atoms with van der Waals surface area (Å²) in [4.78, 5) is 26.9. The van der Waals surface area contributed by atoms with Gasteiger partial charge in [-0.05, 0) is 36.1 Å². The van der Waals surface area contributed by atoms with E-state index in [2.05, 4.69) is 6.07 Å². The molecule has 1 aromatic heterocycles. The molecule has 0 fully saturated rings. The molecule has 4 rings (SSSR count). The number of carbonyl (C=O) groups excluding carboxylic acids is 1. The normalized spacial score (nSPS) is 13.8. The largest absolute Gasteiger partial charge is 0.451 e. The number of rotatable bonds is 1. The maximum Gasteiger partial charge on any atom is 0.290 e. The SMILES string of the molecule is Cc1cccc2oc(C(=O)N3CCc4ccccc4C3)cc(=O)c12. The van der Waals surface area contributed by atoms with Crippen LogP contribution in [0.5, 0.6) is 0 Å². The minimum Gasteiger partial charge on any atom is -0.451 e. The van der Waals surface area contributed by atoms with Crippen LogP contribution in [0.2, 0.25) is 0 Å². The van der Waals surface area contributed by atoms with Crippen LogP contribution in [0.15, 0.2) is 57.7 Å². The highest BCUT2D eigenvalue weighted by Crippen LogP contribution is 2.22. The molecule has 2 aromatic carbocycles. The molecule has 1 aliphatic heterocycles. The van der Waals surface area contributed by atoms with E-state index in [0.29, 0.717) is 24.1 Å². The van der Waals surface area contributed by atoms with Crippen molar-refractivity contribution in [1.82, 2.24) is 4.90 Å². The minimum atomic E-state index is -0.231. The molecule has 120 valence electrons. The third-order valence-corrected chi connectivity index (χ3v) is 4.59. The van der Waals surface area contributed by atoms with Gasteiger partial charge in [0.2, 0.25) is 0 Å². The average Bonchev–Trinajstić information content (AvgIpc) is 2.60. The first kappa shape index (κ1) is 14.7. The second kappa shape index (κ2) is 5.64. The fourth-order valence-corrected chi connectivity index (χ4v) is 3.31. The van der Waals surface area contributed by atoms with Crippen molar-refractivity contribution in [3.63, 3.8) is 0 Å². The summed E-state index contributed by atoms with van der Waals surface area (Å²) in [6.45, 7) is 3.04. The fourth-order valence-electron chi connectivity index (χ4n) is 3.31. The van der Waals surface area contributed by atoms with E-state index in [4.69, 9.17) is 4.42 Å². The standard InChI is InChI=1S/C20H17NO3/c1-13-5-4-8-17-19(13)16(22)11-18(24-17)20(23)21-10-9-14-6-2-3-7-15(14)12-21/h2-8,11H,9-10,12H2,1H3. The number of nitrogens with zero attached hydrogens (tertiary/aromatic N) is 1. The molecule has 4 heteroatoms. The summed E-state index contributed by atoms with van der Waals surface area (Å²) in [5.41, 5.74) is 3.57. The zero-order chi connectivity index (χ0) is 16.7. The fraction of sp³-hybridized carbons (Fsp3) is 0.200. The predicted octanol–water partition coefficient (Wildman–Crippen LogP) is 3.30. The molecule has 0 atom stereocenters. The number of carbonyl (C=O) groups is 1. The lowest BCUT2D eigenvalue weighted by molar-refractivity contribution is 0.0703. The molecule has 0 radical (unpaired) electrons. The van der Waals surface area contributed by atoms with Gasteiger partial charge in [0, 0.05) is 19.2 Å². The Hall–Kier alpha value is -2.88. The number of benzene rings is 2. The van der Waals surface area contributed by atoms with Gasteiger partial charge in [-0.15, -0.1) is 0 Å². The summed E-state index contributed by atoms with van der Waals surface area (Å²) >= 11 is 0. The monoisotopic (exact) mass is 319 g/mol. The maximum absolute atomic E-state index is 12.8. The van der Waals surface area contributed by atoms with Gasteiger partial charge in [-0.2, -0.15) is 0 Å². The van der Waals surface area contributed by atoms with Gasteiger partial charge >= 0.3 is 0 Å². The summed E-state index contributed by atoms with van der Waals surface area (Å²) in [5, 5.41) is 0.540. The molecule has 2 heterocycles. The Balaban J connectivity index is 1.71. The maximum atomic E-state index is 12.8. The molecule has 1 aliphatic rings. The highest BCUT2D eigenvalue weighted by molar-refractivity contribution is 5.93. The summed E-state index contributed by atoms with van der Waals surface area (Å²) < 4.78 is 5.74. The van der Waals surface area contributed by atoms with E-state index in [1.54, 1.807) is 11.0 Å². The predicted molar refractivity (Wildman–Crippen MR) is 92.1 cm³/mol. The zero-order valence-electron chi connectivity index (χ0n) is 13.4. The van der Waals surface area contributed by atoms with Gasteiger partial charge in [0.1, 0.15) is 5.58 Å². The van der Waals surface area contributed by atoms with Gasteiger partial charge in [-0.3, -0.25) is 9.59 Å². The molecule has 0 bridgehead atoms. The van der Waals surface area contributed by atoms with Crippen molar-refractivity contribution < 1.29 is 9.21 Å². The summed E-state index contributed by atoms with van der Waals surface area (Å²) in [6.07, 6.45) is 0.818. The Morgan fingerprint density at radius 2 is 1.88 bits per heavy atom. The number of fused-ring (bicyclic) bond motifs is 2. The van der Waals surface area contributed by atoms with Crippen molar-refractivity contribution >= 4 is 16.9 Å². The molecule has 0 saturated heterocycles.